The van der Waals surface area contributed by atoms with E-state index in [4.69, 9.17) is 4.52 Å². The van der Waals surface area contributed by atoms with Crippen LogP contribution < -0.4 is 4.72 Å². The molecule has 1 N–H and O–H groups in total. The molecule has 0 amide bonds. The highest BCUT2D eigenvalue weighted by Gasteiger charge is 2.15. The zero-order chi connectivity index (χ0) is 20.4. The molecule has 0 spiro atoms. The quantitative estimate of drug-likeness (QED) is 0.514. The first kappa shape index (κ1) is 18.9. The molecule has 0 aliphatic heterocycles. The van der Waals surface area contributed by atoms with Crippen molar-refractivity contribution in [3.05, 3.63) is 83.9 Å². The molecular formula is C22H19N3O3S. The molecule has 0 aliphatic rings. The first-order valence-electron chi connectivity index (χ1n) is 9.01. The minimum absolute atomic E-state index is 0.215. The number of rotatable bonds is 5. The van der Waals surface area contributed by atoms with Crippen LogP contribution in [-0.4, -0.2) is 18.6 Å². The number of anilines is 1. The third-order valence-electron chi connectivity index (χ3n) is 4.42. The van der Waals surface area contributed by atoms with Gasteiger partial charge in [-0.05, 0) is 56.3 Å². The van der Waals surface area contributed by atoms with Crippen LogP contribution in [0.25, 0.3) is 22.8 Å². The van der Waals surface area contributed by atoms with Crippen molar-refractivity contribution in [2.24, 2.45) is 0 Å². The Balaban J connectivity index is 1.53. The van der Waals surface area contributed by atoms with Gasteiger partial charge in [0.15, 0.2) is 0 Å². The molecule has 0 atom stereocenters. The Morgan fingerprint density at radius 3 is 2.24 bits per heavy atom. The molecule has 1 heterocycles. The van der Waals surface area contributed by atoms with Crippen molar-refractivity contribution in [3.8, 4) is 22.8 Å². The average molecular weight is 405 g/mol. The largest absolute Gasteiger partial charge is 0.334 e. The van der Waals surface area contributed by atoms with E-state index in [1.807, 2.05) is 38.1 Å². The Morgan fingerprint density at radius 2 is 1.55 bits per heavy atom. The molecule has 0 saturated heterocycles. The number of aryl methyl sites for hydroxylation is 2. The molecule has 0 aliphatic carbocycles. The molecular weight excluding hydrogens is 386 g/mol. The van der Waals surface area contributed by atoms with Crippen molar-refractivity contribution in [2.45, 2.75) is 18.7 Å². The summed E-state index contributed by atoms with van der Waals surface area (Å²) in [6, 6.07) is 21.3. The smallest absolute Gasteiger partial charge is 0.261 e. The summed E-state index contributed by atoms with van der Waals surface area (Å²) in [6.45, 7) is 3.91. The average Bonchev–Trinajstić information content (AvgIpc) is 3.19. The van der Waals surface area contributed by atoms with Crippen LogP contribution in [0.15, 0.2) is 82.2 Å². The van der Waals surface area contributed by atoms with Gasteiger partial charge < -0.3 is 4.52 Å². The second kappa shape index (κ2) is 7.52. The summed E-state index contributed by atoms with van der Waals surface area (Å²) in [7, 11) is -3.64. The number of nitrogens with zero attached hydrogens (tertiary/aromatic N) is 2. The fraction of sp³-hybridized carbons (Fsp3) is 0.0909. The van der Waals surface area contributed by atoms with E-state index >= 15 is 0 Å². The van der Waals surface area contributed by atoms with Gasteiger partial charge in [0.2, 0.25) is 5.82 Å². The van der Waals surface area contributed by atoms with Crippen LogP contribution in [0, 0.1) is 13.8 Å². The van der Waals surface area contributed by atoms with Crippen molar-refractivity contribution >= 4 is 15.7 Å². The van der Waals surface area contributed by atoms with Crippen LogP contribution >= 0.6 is 0 Å². The number of nitrogens with one attached hydrogen (secondary N) is 1. The number of hydrogen-bond acceptors (Lipinski definition) is 5. The standard InChI is InChI=1S/C22H19N3O3S/c1-15-6-12-20(13-7-15)29(26,27)25-19-10-8-17(9-11-19)22-23-21(24-28-22)18-5-3-4-16(2)14-18/h3-14,25H,1-2H3. The minimum Gasteiger partial charge on any atom is -0.334 e. The van der Waals surface area contributed by atoms with Crippen molar-refractivity contribution in [1.29, 1.82) is 0 Å². The van der Waals surface area contributed by atoms with Gasteiger partial charge in [0.25, 0.3) is 15.9 Å². The fourth-order valence-electron chi connectivity index (χ4n) is 2.85. The lowest BCUT2D eigenvalue weighted by atomic mass is 10.1. The van der Waals surface area contributed by atoms with E-state index in [-0.39, 0.29) is 4.90 Å². The number of benzene rings is 3. The molecule has 29 heavy (non-hydrogen) atoms. The molecule has 4 aromatic rings. The van der Waals surface area contributed by atoms with E-state index in [0.717, 1.165) is 16.7 Å². The van der Waals surface area contributed by atoms with Crippen molar-refractivity contribution < 1.29 is 12.9 Å². The second-order valence-corrected chi connectivity index (χ2v) is 8.47. The second-order valence-electron chi connectivity index (χ2n) is 6.79. The van der Waals surface area contributed by atoms with Gasteiger partial charge in [-0.15, -0.1) is 0 Å². The minimum atomic E-state index is -3.64. The summed E-state index contributed by atoms with van der Waals surface area (Å²) in [4.78, 5) is 4.65. The summed E-state index contributed by atoms with van der Waals surface area (Å²) in [6.07, 6.45) is 0. The van der Waals surface area contributed by atoms with Gasteiger partial charge in [-0.1, -0.05) is 46.6 Å². The molecule has 3 aromatic carbocycles. The van der Waals surface area contributed by atoms with Gasteiger partial charge in [0.1, 0.15) is 0 Å². The normalized spacial score (nSPS) is 11.4. The third kappa shape index (κ3) is 4.20. The van der Waals surface area contributed by atoms with Crippen LogP contribution in [0.1, 0.15) is 11.1 Å². The van der Waals surface area contributed by atoms with Crippen LogP contribution in [-0.2, 0) is 10.0 Å². The topological polar surface area (TPSA) is 85.1 Å². The number of aromatic nitrogens is 2. The Morgan fingerprint density at radius 1 is 0.828 bits per heavy atom. The zero-order valence-corrected chi connectivity index (χ0v) is 16.8. The van der Waals surface area contributed by atoms with Gasteiger partial charge in [-0.2, -0.15) is 4.98 Å². The van der Waals surface area contributed by atoms with E-state index in [1.165, 1.54) is 0 Å². The van der Waals surface area contributed by atoms with E-state index in [2.05, 4.69) is 14.9 Å². The van der Waals surface area contributed by atoms with E-state index < -0.39 is 10.0 Å². The first-order chi connectivity index (χ1) is 13.9. The molecule has 1 aromatic heterocycles. The zero-order valence-electron chi connectivity index (χ0n) is 16.0. The molecule has 146 valence electrons. The van der Waals surface area contributed by atoms with Crippen LogP contribution in [0.2, 0.25) is 0 Å². The Labute approximate surface area is 169 Å². The fourth-order valence-corrected chi connectivity index (χ4v) is 3.91. The molecule has 0 bridgehead atoms. The Bertz CT molecular complexity index is 1250. The molecule has 0 fully saturated rings. The van der Waals surface area contributed by atoms with Gasteiger partial charge in [-0.3, -0.25) is 4.72 Å². The van der Waals surface area contributed by atoms with Gasteiger partial charge >= 0.3 is 0 Å². The maximum Gasteiger partial charge on any atom is 0.261 e. The van der Waals surface area contributed by atoms with Crippen LogP contribution in [0.3, 0.4) is 0 Å². The van der Waals surface area contributed by atoms with Gasteiger partial charge in [0.05, 0.1) is 4.90 Å². The molecule has 0 radical (unpaired) electrons. The lowest BCUT2D eigenvalue weighted by Gasteiger charge is -2.08. The molecule has 0 unspecified atom stereocenters. The van der Waals surface area contributed by atoms with Crippen LogP contribution in [0.4, 0.5) is 5.69 Å². The van der Waals surface area contributed by atoms with Gasteiger partial charge in [-0.25, -0.2) is 8.42 Å². The van der Waals surface area contributed by atoms with Crippen LogP contribution in [0.5, 0.6) is 0 Å². The first-order valence-corrected chi connectivity index (χ1v) is 10.5. The summed E-state index contributed by atoms with van der Waals surface area (Å²) < 4.78 is 32.9. The maximum absolute atomic E-state index is 12.5. The lowest BCUT2D eigenvalue weighted by Crippen LogP contribution is -2.12. The summed E-state index contributed by atoms with van der Waals surface area (Å²) >= 11 is 0. The maximum atomic E-state index is 12.5. The number of sulfonamides is 1. The molecule has 4 rings (SSSR count). The van der Waals surface area contributed by atoms with Crippen molar-refractivity contribution in [1.82, 2.24) is 10.1 Å². The third-order valence-corrected chi connectivity index (χ3v) is 5.81. The Hall–Kier alpha value is -3.45. The van der Waals surface area contributed by atoms with Crippen molar-refractivity contribution in [3.63, 3.8) is 0 Å². The Kier molecular flexibility index (Phi) is 4.90. The van der Waals surface area contributed by atoms with Crippen molar-refractivity contribution in [2.75, 3.05) is 4.72 Å². The highest BCUT2D eigenvalue weighted by molar-refractivity contribution is 7.92. The van der Waals surface area contributed by atoms with E-state index in [0.29, 0.717) is 23.0 Å². The number of hydrogen-bond donors (Lipinski definition) is 1. The highest BCUT2D eigenvalue weighted by atomic mass is 32.2. The predicted octanol–water partition coefficient (Wildman–Crippen LogP) is 4.82. The molecule has 0 saturated carbocycles. The summed E-state index contributed by atoms with van der Waals surface area (Å²) in [5.41, 5.74) is 4.14. The van der Waals surface area contributed by atoms with E-state index in [1.54, 1.807) is 48.5 Å². The monoisotopic (exact) mass is 405 g/mol. The SMILES string of the molecule is Cc1ccc(S(=O)(=O)Nc2ccc(-c3nc(-c4cccc(C)c4)no3)cc2)cc1. The lowest BCUT2D eigenvalue weighted by molar-refractivity contribution is 0.432. The summed E-state index contributed by atoms with van der Waals surface area (Å²) in [5, 5.41) is 4.03. The van der Waals surface area contributed by atoms with Gasteiger partial charge in [0, 0.05) is 16.8 Å². The predicted molar refractivity (Wildman–Crippen MR) is 112 cm³/mol. The highest BCUT2D eigenvalue weighted by Crippen LogP contribution is 2.25. The molecule has 7 heteroatoms. The van der Waals surface area contributed by atoms with E-state index in [9.17, 15) is 8.42 Å². The molecule has 6 nitrogen and oxygen atoms in total. The summed E-state index contributed by atoms with van der Waals surface area (Å²) in [5.74, 6) is 0.877.